The quantitative estimate of drug-likeness (QED) is 0.191. The minimum absolute atomic E-state index is 0.129. The van der Waals surface area contributed by atoms with Crippen LogP contribution >= 0.6 is 15.8 Å². The van der Waals surface area contributed by atoms with Crippen molar-refractivity contribution in [3.05, 3.63) is 156 Å². The summed E-state index contributed by atoms with van der Waals surface area (Å²) in [5.41, 5.74) is 2.24. The molecule has 1 saturated heterocycles. The summed E-state index contributed by atoms with van der Waals surface area (Å²) in [5, 5.41) is 7.63. The first kappa shape index (κ1) is 28.2. The summed E-state index contributed by atoms with van der Waals surface area (Å²) in [6.45, 7) is 0.198. The summed E-state index contributed by atoms with van der Waals surface area (Å²) in [6, 6.07) is 47.7. The number of allylic oxidation sites excluding steroid dienone is 2. The van der Waals surface area contributed by atoms with Gasteiger partial charge in [-0.05, 0) is 0 Å². The first-order valence-electron chi connectivity index (χ1n) is 14.5. The van der Waals surface area contributed by atoms with Crippen molar-refractivity contribution in [2.24, 2.45) is 0 Å². The van der Waals surface area contributed by atoms with E-state index in [1.54, 1.807) is 0 Å². The molecule has 0 spiro atoms. The van der Waals surface area contributed by atoms with E-state index in [0.29, 0.717) is 0 Å². The molecule has 2 heterocycles. The van der Waals surface area contributed by atoms with Gasteiger partial charge in [-0.15, -0.1) is 0 Å². The third-order valence-corrected chi connectivity index (χ3v) is 14.4. The van der Waals surface area contributed by atoms with Crippen molar-refractivity contribution in [3.63, 3.8) is 0 Å². The van der Waals surface area contributed by atoms with E-state index in [-0.39, 0.29) is 19.0 Å². The number of hydrogen-bond acceptors (Lipinski definition) is 4. The predicted molar refractivity (Wildman–Crippen MR) is 176 cm³/mol. The first-order valence-corrected chi connectivity index (χ1v) is 18.9. The van der Waals surface area contributed by atoms with Gasteiger partial charge in [-0.2, -0.15) is 0 Å². The second kappa shape index (κ2) is 12.6. The molecule has 0 N–H and O–H groups in total. The molecule has 1 aliphatic carbocycles. The molecular weight excluding hydrogens is 697 g/mol. The van der Waals surface area contributed by atoms with Crippen LogP contribution < -0.4 is 58.0 Å². The molecule has 2 unspecified atom stereocenters. The zero-order chi connectivity index (χ0) is 29.3. The molecule has 0 amide bonds. The van der Waals surface area contributed by atoms with Gasteiger partial charge in [0.25, 0.3) is 0 Å². The van der Waals surface area contributed by atoms with Crippen molar-refractivity contribution in [1.82, 2.24) is 0 Å². The fraction of sp³-hybridized carbons (Fsp3) is 0.0811. The van der Waals surface area contributed by atoms with Crippen LogP contribution in [0.4, 0.5) is 0 Å². The van der Waals surface area contributed by atoms with Crippen LogP contribution in [-0.4, -0.2) is 19.0 Å². The Morgan fingerprint density at radius 1 is 0.568 bits per heavy atom. The zero-order valence-corrected chi connectivity index (χ0v) is 27.6. The van der Waals surface area contributed by atoms with Crippen LogP contribution in [0.1, 0.15) is 5.56 Å². The van der Waals surface area contributed by atoms with Crippen molar-refractivity contribution >= 4 is 47.9 Å². The van der Waals surface area contributed by atoms with E-state index < -0.39 is 37.9 Å². The van der Waals surface area contributed by atoms with Gasteiger partial charge in [0.2, 0.25) is 0 Å². The van der Waals surface area contributed by atoms with Crippen molar-refractivity contribution < 1.29 is 37.6 Å². The Labute approximate surface area is 271 Å². The maximum atomic E-state index is 6.58. The molecular formula is C37H28IO4P2-. The van der Waals surface area contributed by atoms with Crippen molar-refractivity contribution in [2.75, 3.05) is 6.79 Å². The molecule has 0 radical (unpaired) electrons. The van der Waals surface area contributed by atoms with Gasteiger partial charge >= 0.3 is 273 Å². The van der Waals surface area contributed by atoms with Gasteiger partial charge in [-0.3, -0.25) is 0 Å². The fourth-order valence-corrected chi connectivity index (χ4v) is 12.5. The Kier molecular flexibility index (Phi) is 8.07. The Balaban J connectivity index is 1.45. The molecule has 0 aromatic heterocycles. The van der Waals surface area contributed by atoms with E-state index in [1.165, 1.54) is 31.8 Å². The van der Waals surface area contributed by atoms with Crippen LogP contribution in [-0.2, 0) is 6.13 Å². The molecule has 1 fully saturated rings. The van der Waals surface area contributed by atoms with Crippen molar-refractivity contribution in [2.45, 2.75) is 12.2 Å². The number of rotatable bonds is 7. The van der Waals surface area contributed by atoms with Crippen LogP contribution in [0.15, 0.2) is 151 Å². The number of benzene rings is 5. The molecule has 2 aliphatic heterocycles. The average molecular weight is 725 g/mol. The van der Waals surface area contributed by atoms with Crippen LogP contribution in [0.3, 0.4) is 0 Å². The topological polar surface area (TPSA) is 36.9 Å². The summed E-state index contributed by atoms with van der Waals surface area (Å²) < 4.78 is 25.2. The SMILES string of the molecule is C1=CC2O[I-]OC2C(c2c(P(c3ccccc3)c3ccccc3)ccc3c2OCO3)=C1P(c1ccccc1)c1ccccc1. The molecule has 7 heteroatoms. The second-order valence-corrected chi connectivity index (χ2v) is 16.2. The molecule has 0 saturated carbocycles. The van der Waals surface area contributed by atoms with E-state index in [0.717, 1.165) is 22.6 Å². The van der Waals surface area contributed by atoms with Crippen LogP contribution in [0.5, 0.6) is 11.5 Å². The van der Waals surface area contributed by atoms with Crippen molar-refractivity contribution in [3.8, 4) is 11.5 Å². The van der Waals surface area contributed by atoms with E-state index >= 15 is 0 Å². The molecule has 4 nitrogen and oxygen atoms in total. The van der Waals surface area contributed by atoms with Gasteiger partial charge < -0.3 is 0 Å². The molecule has 218 valence electrons. The van der Waals surface area contributed by atoms with Crippen LogP contribution in [0.25, 0.3) is 5.57 Å². The van der Waals surface area contributed by atoms with Gasteiger partial charge in [0.05, 0.1) is 0 Å². The molecule has 8 rings (SSSR count). The molecule has 5 aromatic carbocycles. The summed E-state index contributed by atoms with van der Waals surface area (Å²) >= 11 is -0.846. The molecule has 5 aromatic rings. The van der Waals surface area contributed by atoms with E-state index in [4.69, 9.17) is 15.6 Å². The summed E-state index contributed by atoms with van der Waals surface area (Å²) in [7, 11) is -1.86. The average Bonchev–Trinajstić information content (AvgIpc) is 3.77. The number of ether oxygens (including phenoxy) is 2. The van der Waals surface area contributed by atoms with Gasteiger partial charge in [0, 0.05) is 0 Å². The first-order chi connectivity index (χ1) is 21.9. The maximum absolute atomic E-state index is 6.58. The van der Waals surface area contributed by atoms with E-state index in [1.807, 2.05) is 0 Å². The Morgan fingerprint density at radius 2 is 1.11 bits per heavy atom. The normalized spacial score (nSPS) is 18.9. The summed E-state index contributed by atoms with van der Waals surface area (Å²) in [4.78, 5) is 0. The molecule has 2 atom stereocenters. The minimum atomic E-state index is -0.937. The predicted octanol–water partition coefficient (Wildman–Crippen LogP) is 3.29. The number of halogens is 1. The zero-order valence-electron chi connectivity index (χ0n) is 23.6. The van der Waals surface area contributed by atoms with Gasteiger partial charge in [0.1, 0.15) is 0 Å². The Hall–Kier alpha value is -3.31. The van der Waals surface area contributed by atoms with Crippen LogP contribution in [0.2, 0.25) is 0 Å². The summed E-state index contributed by atoms with van der Waals surface area (Å²) in [6.07, 6.45) is 4.15. The van der Waals surface area contributed by atoms with Gasteiger partial charge in [0.15, 0.2) is 0 Å². The van der Waals surface area contributed by atoms with Crippen molar-refractivity contribution in [1.29, 1.82) is 0 Å². The third kappa shape index (κ3) is 5.21. The summed E-state index contributed by atoms with van der Waals surface area (Å²) in [5.74, 6) is 1.57. The molecule has 3 aliphatic rings. The number of fused-ring (bicyclic) bond motifs is 2. The molecule has 44 heavy (non-hydrogen) atoms. The third-order valence-electron chi connectivity index (χ3n) is 7.90. The van der Waals surface area contributed by atoms with Gasteiger partial charge in [-0.1, -0.05) is 0 Å². The monoisotopic (exact) mass is 725 g/mol. The Morgan fingerprint density at radius 3 is 1.68 bits per heavy atom. The Bertz CT molecular complexity index is 1750. The second-order valence-electron chi connectivity index (χ2n) is 10.5. The van der Waals surface area contributed by atoms with Gasteiger partial charge in [-0.25, -0.2) is 0 Å². The molecule has 0 bridgehead atoms. The number of hydrogen-bond donors (Lipinski definition) is 0. The standard InChI is InChI=1S/C37H28IO4P2/c1-5-13-26(14-6-1)43(27-15-7-2-8-16-27)32-23-21-30-36(40-25-39-30)34(32)35-33(24-22-31-37(35)42-38-41-31)44(28-17-9-3-10-18-28)29-19-11-4-12-20-29/h1-24,31,37H,25H2/q-1. The van der Waals surface area contributed by atoms with E-state index in [9.17, 15) is 0 Å². The van der Waals surface area contributed by atoms with E-state index in [2.05, 4.69) is 146 Å². The van der Waals surface area contributed by atoms with Crippen LogP contribution in [0, 0.1) is 0 Å². The fourth-order valence-electron chi connectivity index (χ4n) is 6.00.